The lowest BCUT2D eigenvalue weighted by molar-refractivity contribution is -0.910. The van der Waals surface area contributed by atoms with Crippen LogP contribution >= 0.6 is 0 Å². The van der Waals surface area contributed by atoms with Gasteiger partial charge in [-0.05, 0) is 18.8 Å². The van der Waals surface area contributed by atoms with Crippen molar-refractivity contribution >= 4 is 0 Å². The fraction of sp³-hybridized carbons (Fsp3) is 1.00. The molecular weight excluding hydrogens is 164 g/mol. The highest BCUT2D eigenvalue weighted by Crippen LogP contribution is 2.06. The SMILES string of the molecule is C[NH2+]C[C@H](O)C[NH+]1CCC(C)CC1. The van der Waals surface area contributed by atoms with Crippen molar-refractivity contribution in [3.8, 4) is 0 Å². The van der Waals surface area contributed by atoms with E-state index >= 15 is 0 Å². The van der Waals surface area contributed by atoms with Crippen LogP contribution in [0.5, 0.6) is 0 Å². The third kappa shape index (κ3) is 4.07. The van der Waals surface area contributed by atoms with Crippen molar-refractivity contribution in [2.24, 2.45) is 5.92 Å². The van der Waals surface area contributed by atoms with Crippen molar-refractivity contribution in [1.82, 2.24) is 0 Å². The average molecular weight is 188 g/mol. The van der Waals surface area contributed by atoms with Gasteiger partial charge >= 0.3 is 0 Å². The van der Waals surface area contributed by atoms with Crippen LogP contribution in [0.3, 0.4) is 0 Å². The topological polar surface area (TPSA) is 41.3 Å². The zero-order valence-corrected chi connectivity index (χ0v) is 8.92. The van der Waals surface area contributed by atoms with Gasteiger partial charge in [0.25, 0.3) is 0 Å². The van der Waals surface area contributed by atoms with Crippen molar-refractivity contribution in [3.63, 3.8) is 0 Å². The number of quaternary nitrogens is 2. The fourth-order valence-corrected chi connectivity index (χ4v) is 2.06. The first-order valence-corrected chi connectivity index (χ1v) is 5.51. The van der Waals surface area contributed by atoms with Crippen molar-refractivity contribution < 1.29 is 15.3 Å². The molecule has 1 saturated heterocycles. The van der Waals surface area contributed by atoms with E-state index in [1.165, 1.54) is 25.9 Å². The number of hydrogen-bond acceptors (Lipinski definition) is 1. The molecule has 0 bridgehead atoms. The van der Waals surface area contributed by atoms with Crippen LogP contribution in [0.2, 0.25) is 0 Å². The van der Waals surface area contributed by atoms with Gasteiger partial charge in [0.15, 0.2) is 6.10 Å². The molecular formula is C10H24N2O+2. The number of nitrogens with two attached hydrogens (primary N) is 1. The summed E-state index contributed by atoms with van der Waals surface area (Å²) in [6, 6.07) is 0. The second kappa shape index (κ2) is 5.58. The van der Waals surface area contributed by atoms with E-state index in [0.717, 1.165) is 19.0 Å². The molecule has 1 atom stereocenters. The smallest absolute Gasteiger partial charge is 0.151 e. The number of likely N-dealkylation sites (tertiary alicyclic amines) is 1. The van der Waals surface area contributed by atoms with E-state index in [-0.39, 0.29) is 6.10 Å². The fourth-order valence-electron chi connectivity index (χ4n) is 2.06. The Bertz CT molecular complexity index is 133. The standard InChI is InChI=1S/C10H22N2O/c1-9-3-5-12(6-4-9)8-10(13)7-11-2/h9-11,13H,3-8H2,1-2H3/p+2/t10-/m0/s1. The van der Waals surface area contributed by atoms with Crippen LogP contribution in [0.25, 0.3) is 0 Å². The average Bonchev–Trinajstić information content (AvgIpc) is 2.09. The quantitative estimate of drug-likeness (QED) is 0.463. The van der Waals surface area contributed by atoms with Gasteiger partial charge in [-0.15, -0.1) is 0 Å². The van der Waals surface area contributed by atoms with E-state index in [1.807, 2.05) is 7.05 Å². The monoisotopic (exact) mass is 188 g/mol. The highest BCUT2D eigenvalue weighted by atomic mass is 16.3. The second-order valence-corrected chi connectivity index (χ2v) is 4.43. The molecule has 1 aliphatic heterocycles. The van der Waals surface area contributed by atoms with Crippen LogP contribution in [-0.4, -0.2) is 44.4 Å². The maximum atomic E-state index is 9.62. The summed E-state index contributed by atoms with van der Waals surface area (Å²) in [4.78, 5) is 1.59. The summed E-state index contributed by atoms with van der Waals surface area (Å²) >= 11 is 0. The Morgan fingerprint density at radius 1 is 1.46 bits per heavy atom. The molecule has 0 aromatic carbocycles. The Morgan fingerprint density at radius 3 is 2.62 bits per heavy atom. The molecule has 4 N–H and O–H groups in total. The number of likely N-dealkylation sites (N-methyl/N-ethyl adjacent to an activating group) is 1. The van der Waals surface area contributed by atoms with Crippen molar-refractivity contribution in [2.45, 2.75) is 25.9 Å². The predicted molar refractivity (Wildman–Crippen MR) is 52.7 cm³/mol. The first-order valence-electron chi connectivity index (χ1n) is 5.51. The van der Waals surface area contributed by atoms with Crippen LogP contribution in [0.4, 0.5) is 0 Å². The van der Waals surface area contributed by atoms with E-state index in [1.54, 1.807) is 4.90 Å². The summed E-state index contributed by atoms with van der Waals surface area (Å²) in [5.41, 5.74) is 0. The van der Waals surface area contributed by atoms with Gasteiger partial charge in [0.1, 0.15) is 13.1 Å². The van der Waals surface area contributed by atoms with Gasteiger partial charge in [-0.3, -0.25) is 0 Å². The Hall–Kier alpha value is -0.120. The molecule has 0 aromatic rings. The van der Waals surface area contributed by atoms with E-state index in [4.69, 9.17) is 0 Å². The second-order valence-electron chi connectivity index (χ2n) is 4.43. The molecule has 0 radical (unpaired) electrons. The maximum absolute atomic E-state index is 9.62. The third-order valence-corrected chi connectivity index (χ3v) is 3.01. The molecule has 0 spiro atoms. The largest absolute Gasteiger partial charge is 0.382 e. The molecule has 1 rings (SSSR count). The molecule has 0 saturated carbocycles. The lowest BCUT2D eigenvalue weighted by Gasteiger charge is -2.28. The van der Waals surface area contributed by atoms with Gasteiger partial charge in [-0.25, -0.2) is 0 Å². The van der Waals surface area contributed by atoms with E-state index in [9.17, 15) is 5.11 Å². The lowest BCUT2D eigenvalue weighted by atomic mass is 9.99. The summed E-state index contributed by atoms with van der Waals surface area (Å²) in [5, 5.41) is 11.7. The molecule has 1 heterocycles. The van der Waals surface area contributed by atoms with E-state index in [2.05, 4.69) is 12.2 Å². The number of aliphatic hydroxyl groups is 1. The van der Waals surface area contributed by atoms with Gasteiger partial charge < -0.3 is 15.3 Å². The number of piperidine rings is 1. The molecule has 78 valence electrons. The Labute approximate surface area is 81.1 Å². The number of nitrogens with one attached hydrogen (secondary N) is 1. The summed E-state index contributed by atoms with van der Waals surface area (Å²) in [5.74, 6) is 0.902. The molecule has 0 aromatic heterocycles. The van der Waals surface area contributed by atoms with Crippen molar-refractivity contribution in [2.75, 3.05) is 33.2 Å². The Morgan fingerprint density at radius 2 is 2.08 bits per heavy atom. The van der Waals surface area contributed by atoms with Gasteiger partial charge in [0.2, 0.25) is 0 Å². The molecule has 0 aliphatic carbocycles. The molecule has 1 aliphatic rings. The minimum Gasteiger partial charge on any atom is -0.382 e. The van der Waals surface area contributed by atoms with Gasteiger partial charge in [0.05, 0.1) is 20.1 Å². The molecule has 0 amide bonds. The number of hydrogen-bond donors (Lipinski definition) is 3. The van der Waals surface area contributed by atoms with Crippen LogP contribution < -0.4 is 10.2 Å². The molecule has 3 nitrogen and oxygen atoms in total. The lowest BCUT2D eigenvalue weighted by Crippen LogP contribution is -3.14. The van der Waals surface area contributed by atoms with E-state index in [0.29, 0.717) is 0 Å². The highest BCUT2D eigenvalue weighted by Gasteiger charge is 2.21. The normalized spacial score (nSPS) is 31.6. The van der Waals surface area contributed by atoms with Crippen LogP contribution in [0, 0.1) is 5.92 Å². The zero-order chi connectivity index (χ0) is 9.68. The Kier molecular flexibility index (Phi) is 4.70. The Balaban J connectivity index is 2.14. The van der Waals surface area contributed by atoms with Gasteiger partial charge in [0, 0.05) is 0 Å². The van der Waals surface area contributed by atoms with Crippen LogP contribution in [-0.2, 0) is 0 Å². The summed E-state index contributed by atoms with van der Waals surface area (Å²) in [7, 11) is 2.01. The zero-order valence-electron chi connectivity index (χ0n) is 8.92. The van der Waals surface area contributed by atoms with Crippen molar-refractivity contribution in [3.05, 3.63) is 0 Å². The summed E-state index contributed by atoms with van der Waals surface area (Å²) in [6.07, 6.45) is 2.55. The molecule has 13 heavy (non-hydrogen) atoms. The maximum Gasteiger partial charge on any atom is 0.151 e. The summed E-state index contributed by atoms with van der Waals surface area (Å²) in [6.45, 7) is 6.62. The minimum atomic E-state index is -0.117. The molecule has 3 heteroatoms. The number of aliphatic hydroxyl groups excluding tert-OH is 1. The van der Waals surface area contributed by atoms with Gasteiger partial charge in [-0.2, -0.15) is 0 Å². The first kappa shape index (κ1) is 11.0. The minimum absolute atomic E-state index is 0.117. The summed E-state index contributed by atoms with van der Waals surface area (Å²) < 4.78 is 0. The molecule has 0 unspecified atom stereocenters. The predicted octanol–water partition coefficient (Wildman–Crippen LogP) is -2.14. The highest BCUT2D eigenvalue weighted by molar-refractivity contribution is 4.57. The third-order valence-electron chi connectivity index (χ3n) is 3.01. The van der Waals surface area contributed by atoms with Crippen LogP contribution in [0.15, 0.2) is 0 Å². The van der Waals surface area contributed by atoms with Crippen molar-refractivity contribution in [1.29, 1.82) is 0 Å². The van der Waals surface area contributed by atoms with Crippen LogP contribution in [0.1, 0.15) is 19.8 Å². The molecule has 1 fully saturated rings. The van der Waals surface area contributed by atoms with E-state index < -0.39 is 0 Å². The van der Waals surface area contributed by atoms with Gasteiger partial charge in [-0.1, -0.05) is 6.92 Å². The first-order chi connectivity index (χ1) is 6.22. The number of rotatable bonds is 4.